The van der Waals surface area contributed by atoms with Gasteiger partial charge in [-0.25, -0.2) is 8.42 Å². The zero-order chi connectivity index (χ0) is 23.7. The van der Waals surface area contributed by atoms with Gasteiger partial charge in [-0.2, -0.15) is 0 Å². The van der Waals surface area contributed by atoms with Crippen LogP contribution in [0.1, 0.15) is 6.92 Å². The van der Waals surface area contributed by atoms with Crippen LogP contribution in [0.5, 0.6) is 0 Å². The molecule has 2 saturated heterocycles. The Morgan fingerprint density at radius 2 is 1.58 bits per heavy atom. The van der Waals surface area contributed by atoms with Crippen molar-refractivity contribution in [2.24, 2.45) is 0 Å². The number of hydrogen-bond acceptors (Lipinski definition) is 15. The fourth-order valence-corrected chi connectivity index (χ4v) is 3.38. The van der Waals surface area contributed by atoms with Gasteiger partial charge >= 0.3 is 59.1 Å². The maximum atomic E-state index is 11.4. The summed E-state index contributed by atoms with van der Waals surface area (Å²) in [6.07, 6.45) is -17.8. The molecule has 0 aromatic rings. The minimum absolute atomic E-state index is 0. The molecule has 0 bridgehead atoms. The Morgan fingerprint density at radius 1 is 1.00 bits per heavy atom. The summed E-state index contributed by atoms with van der Waals surface area (Å²) in [6.45, 7) is -0.0542. The van der Waals surface area contributed by atoms with Crippen molar-refractivity contribution < 1.29 is 131 Å². The summed E-state index contributed by atoms with van der Waals surface area (Å²) < 4.78 is 51.0. The number of carboxylic acids is 1. The van der Waals surface area contributed by atoms with E-state index in [1.807, 2.05) is 0 Å². The first kappa shape index (κ1) is 33.5. The topological polar surface area (TPSA) is 264 Å². The molecule has 0 aliphatic carbocycles. The zero-order valence-electron chi connectivity index (χ0n) is 17.7. The third-order valence-corrected chi connectivity index (χ3v) is 4.96. The number of rotatable bonds is 7. The summed E-state index contributed by atoms with van der Waals surface area (Å²) in [5.41, 5.74) is 0. The average molecular weight is 521 g/mol. The van der Waals surface area contributed by atoms with Gasteiger partial charge in [0, 0.05) is 6.92 Å². The molecule has 2 aliphatic heterocycles. The monoisotopic (exact) mass is 521 g/mol. The van der Waals surface area contributed by atoms with Crippen LogP contribution in [-0.4, -0.2) is 118 Å². The quantitative estimate of drug-likeness (QED) is 0.103. The van der Waals surface area contributed by atoms with Gasteiger partial charge in [-0.1, -0.05) is 0 Å². The Morgan fingerprint density at radius 3 is 2.06 bits per heavy atom. The van der Waals surface area contributed by atoms with Crippen LogP contribution in [0.4, 0.5) is 0 Å². The molecule has 0 saturated carbocycles. The Hall–Kier alpha value is 0.490. The SMILES string of the molecule is CC(=O)N[C@@H]1[C@@H](O[C@@H]2O[C@H](C(=O)[O-])[C@@H](O)[C@H](O)[C@H]2O)[C@@H](O)[C@@H](COS(=O)(=O)[O-])O[C@@H]1O.[Na+].[Na+]. The van der Waals surface area contributed by atoms with E-state index in [4.69, 9.17) is 14.2 Å². The number of amides is 1. The van der Waals surface area contributed by atoms with Crippen LogP contribution in [0, 0.1) is 0 Å². The average Bonchev–Trinajstić information content (AvgIpc) is 2.64. The maximum Gasteiger partial charge on any atom is 1.00 e. The fraction of sp³-hybridized carbons (Fsp3) is 0.857. The summed E-state index contributed by atoms with van der Waals surface area (Å²) in [7, 11) is -5.21. The van der Waals surface area contributed by atoms with Crippen molar-refractivity contribution >= 4 is 22.3 Å². The minimum atomic E-state index is -5.21. The first-order valence-electron chi connectivity index (χ1n) is 8.68. The molecule has 10 atom stereocenters. The molecule has 2 heterocycles. The normalized spacial score (nSPS) is 39.0. The number of aliphatic carboxylic acids is 1. The molecule has 2 aliphatic rings. The molecule has 19 heteroatoms. The third-order valence-electron chi connectivity index (χ3n) is 4.53. The smallest absolute Gasteiger partial charge is 0.726 e. The van der Waals surface area contributed by atoms with Gasteiger partial charge in [-0.15, -0.1) is 0 Å². The van der Waals surface area contributed by atoms with E-state index in [1.165, 1.54) is 0 Å². The van der Waals surface area contributed by atoms with Gasteiger partial charge in [-0.05, 0) is 0 Å². The summed E-state index contributed by atoms with van der Waals surface area (Å²) in [4.78, 5) is 22.5. The van der Waals surface area contributed by atoms with Gasteiger partial charge in [0.25, 0.3) is 0 Å². The number of aliphatic hydroxyl groups is 5. The number of carbonyl (C=O) groups excluding carboxylic acids is 2. The van der Waals surface area contributed by atoms with Crippen molar-refractivity contribution in [1.82, 2.24) is 5.32 Å². The summed E-state index contributed by atoms with van der Waals surface area (Å²) in [5.74, 6) is -2.72. The molecule has 0 unspecified atom stereocenters. The molecule has 33 heavy (non-hydrogen) atoms. The third kappa shape index (κ3) is 8.83. The van der Waals surface area contributed by atoms with E-state index in [-0.39, 0.29) is 59.1 Å². The second kappa shape index (κ2) is 13.7. The van der Waals surface area contributed by atoms with Crippen LogP contribution >= 0.6 is 0 Å². The van der Waals surface area contributed by atoms with E-state index in [0.717, 1.165) is 6.92 Å². The van der Waals surface area contributed by atoms with Crippen molar-refractivity contribution in [3.63, 3.8) is 0 Å². The molecular formula is C14H21NNa2O15S. The summed E-state index contributed by atoms with van der Waals surface area (Å²) >= 11 is 0. The van der Waals surface area contributed by atoms with Gasteiger partial charge < -0.3 is 59.5 Å². The second-order valence-corrected chi connectivity index (χ2v) is 7.84. The van der Waals surface area contributed by atoms with E-state index in [0.29, 0.717) is 0 Å². The standard InChI is InChI=1S/C14H23NO15S.2Na/c1-3(16)15-5-10(6(17)4(28-13(5)23)2-27-31(24,25)26)29-14-9(20)7(18)8(19)11(30-14)12(21)22;;/h4-11,13-14,17-20,23H,2H2,1H3,(H,15,16)(H,21,22)(H,24,25,26);;/q;2*+1/p-2/t4-,5-,6+,7+,8+,9-,10-,11+,13+,14-;;/m1../s1. The van der Waals surface area contributed by atoms with Crippen LogP contribution < -0.4 is 69.5 Å². The molecule has 180 valence electrons. The Labute approximate surface area is 231 Å². The number of ether oxygens (including phenoxy) is 3. The largest absolute Gasteiger partial charge is 1.00 e. The van der Waals surface area contributed by atoms with Gasteiger partial charge in [0.15, 0.2) is 12.6 Å². The molecule has 2 fully saturated rings. The van der Waals surface area contributed by atoms with Gasteiger partial charge in [0.05, 0.1) is 12.6 Å². The predicted octanol–water partition coefficient (Wildman–Crippen LogP) is -13.0. The molecule has 2 rings (SSSR count). The van der Waals surface area contributed by atoms with Gasteiger partial charge in [0.1, 0.15) is 48.8 Å². The number of nitrogens with one attached hydrogen (secondary N) is 1. The van der Waals surface area contributed by atoms with Crippen LogP contribution in [0.2, 0.25) is 0 Å². The Balaban J connectivity index is 0.00000512. The Bertz CT molecular complexity index is 772. The molecule has 0 radical (unpaired) electrons. The van der Waals surface area contributed by atoms with E-state index in [9.17, 15) is 53.2 Å². The van der Waals surface area contributed by atoms with Crippen molar-refractivity contribution in [3.8, 4) is 0 Å². The predicted molar refractivity (Wildman–Crippen MR) is 86.7 cm³/mol. The molecule has 0 spiro atoms. The molecule has 0 aromatic carbocycles. The second-order valence-electron chi connectivity index (χ2n) is 6.79. The van der Waals surface area contributed by atoms with E-state index in [2.05, 4.69) is 9.50 Å². The summed E-state index contributed by atoms with van der Waals surface area (Å²) in [5, 5.41) is 63.4. The Kier molecular flexibility index (Phi) is 13.9. The van der Waals surface area contributed by atoms with Crippen LogP contribution in [0.25, 0.3) is 0 Å². The minimum Gasteiger partial charge on any atom is -0.726 e. The maximum absolute atomic E-state index is 11.4. The van der Waals surface area contributed by atoms with E-state index >= 15 is 0 Å². The first-order valence-corrected chi connectivity index (χ1v) is 10.0. The van der Waals surface area contributed by atoms with Crippen molar-refractivity contribution in [3.05, 3.63) is 0 Å². The molecular weight excluding hydrogens is 500 g/mol. The van der Waals surface area contributed by atoms with Crippen molar-refractivity contribution in [2.45, 2.75) is 68.3 Å². The van der Waals surface area contributed by atoms with Crippen molar-refractivity contribution in [1.29, 1.82) is 0 Å². The first-order chi connectivity index (χ1) is 14.2. The van der Waals surface area contributed by atoms with Crippen LogP contribution in [-0.2, 0) is 38.4 Å². The van der Waals surface area contributed by atoms with Gasteiger partial charge in [-0.3, -0.25) is 8.98 Å². The number of aliphatic hydroxyl groups excluding tert-OH is 5. The number of hydrogen-bond donors (Lipinski definition) is 6. The van der Waals surface area contributed by atoms with Crippen LogP contribution in [0.15, 0.2) is 0 Å². The molecule has 16 nitrogen and oxygen atoms in total. The van der Waals surface area contributed by atoms with Gasteiger partial charge in [0.2, 0.25) is 16.3 Å². The summed E-state index contributed by atoms with van der Waals surface area (Å²) in [6, 6.07) is -1.58. The molecule has 0 aromatic heterocycles. The molecule has 1 amide bonds. The van der Waals surface area contributed by atoms with Crippen molar-refractivity contribution in [2.75, 3.05) is 6.61 Å². The molecule has 6 N–H and O–H groups in total. The van der Waals surface area contributed by atoms with E-state index in [1.54, 1.807) is 0 Å². The van der Waals surface area contributed by atoms with E-state index < -0.39 is 90.2 Å². The number of carbonyl (C=O) groups is 2. The van der Waals surface area contributed by atoms with Crippen LogP contribution in [0.3, 0.4) is 0 Å². The zero-order valence-corrected chi connectivity index (χ0v) is 22.5. The number of carboxylic acid groups (broad SMARTS) is 1. The fourth-order valence-electron chi connectivity index (χ4n) is 3.08.